The number of hydrogen-bond acceptors (Lipinski definition) is 1. The van der Waals surface area contributed by atoms with Crippen LogP contribution >= 0.6 is 31.9 Å². The molecule has 0 saturated carbocycles. The SMILES string of the molecule is CCN(CC)c1ccc(C=CC=C2c3cc(Br)ccc3-c3ccc(Br)cc32)cc1. The van der Waals surface area contributed by atoms with Crippen LogP contribution < -0.4 is 4.90 Å². The van der Waals surface area contributed by atoms with Gasteiger partial charge in [-0.25, -0.2) is 0 Å². The number of fused-ring (bicyclic) bond motifs is 3. The maximum atomic E-state index is 3.63. The molecule has 0 saturated heterocycles. The van der Waals surface area contributed by atoms with E-state index < -0.39 is 0 Å². The molecule has 3 heteroatoms. The summed E-state index contributed by atoms with van der Waals surface area (Å²) >= 11 is 7.26. The fourth-order valence-corrected chi connectivity index (χ4v) is 4.64. The van der Waals surface area contributed by atoms with Crippen molar-refractivity contribution in [3.05, 3.63) is 98.5 Å². The summed E-state index contributed by atoms with van der Waals surface area (Å²) in [7, 11) is 0. The van der Waals surface area contributed by atoms with Crippen molar-refractivity contribution in [2.24, 2.45) is 0 Å². The van der Waals surface area contributed by atoms with Gasteiger partial charge in [-0.15, -0.1) is 0 Å². The van der Waals surface area contributed by atoms with E-state index in [0.29, 0.717) is 0 Å². The summed E-state index contributed by atoms with van der Waals surface area (Å²) < 4.78 is 2.20. The van der Waals surface area contributed by atoms with Gasteiger partial charge >= 0.3 is 0 Å². The highest BCUT2D eigenvalue weighted by Gasteiger charge is 2.23. The fourth-order valence-electron chi connectivity index (χ4n) is 3.91. The maximum absolute atomic E-state index is 3.63. The van der Waals surface area contributed by atoms with Crippen LogP contribution in [0, 0.1) is 0 Å². The molecule has 1 aliphatic rings. The molecule has 0 aromatic heterocycles. The summed E-state index contributed by atoms with van der Waals surface area (Å²) in [5, 5.41) is 0. The number of rotatable bonds is 5. The van der Waals surface area contributed by atoms with Crippen molar-refractivity contribution in [3.8, 4) is 11.1 Å². The molecule has 146 valence electrons. The van der Waals surface area contributed by atoms with Gasteiger partial charge in [-0.2, -0.15) is 0 Å². The maximum Gasteiger partial charge on any atom is 0.0366 e. The first-order valence-electron chi connectivity index (χ1n) is 9.94. The van der Waals surface area contributed by atoms with Crippen LogP contribution in [0.15, 0.2) is 81.8 Å². The molecule has 3 aromatic rings. The molecule has 0 aliphatic heterocycles. The zero-order chi connectivity index (χ0) is 20.4. The first-order valence-corrected chi connectivity index (χ1v) is 11.5. The van der Waals surface area contributed by atoms with Crippen molar-refractivity contribution in [1.82, 2.24) is 0 Å². The second-order valence-corrected chi connectivity index (χ2v) is 8.91. The fraction of sp³-hybridized carbons (Fsp3) is 0.154. The molecular weight excluding hydrogens is 486 g/mol. The normalized spacial score (nSPS) is 12.2. The highest BCUT2D eigenvalue weighted by molar-refractivity contribution is 9.10. The van der Waals surface area contributed by atoms with Gasteiger partial charge in [0.05, 0.1) is 0 Å². The Labute approximate surface area is 190 Å². The summed E-state index contributed by atoms with van der Waals surface area (Å²) in [6.45, 7) is 6.44. The van der Waals surface area contributed by atoms with Gasteiger partial charge in [0.15, 0.2) is 0 Å². The Hall–Kier alpha value is -2.10. The Balaban J connectivity index is 1.66. The van der Waals surface area contributed by atoms with Crippen molar-refractivity contribution in [3.63, 3.8) is 0 Å². The third-order valence-corrected chi connectivity index (χ3v) is 6.39. The van der Waals surface area contributed by atoms with E-state index >= 15 is 0 Å². The van der Waals surface area contributed by atoms with E-state index in [4.69, 9.17) is 0 Å². The lowest BCUT2D eigenvalue weighted by Gasteiger charge is -2.20. The third kappa shape index (κ3) is 4.12. The van der Waals surface area contributed by atoms with Crippen LogP contribution in [0.2, 0.25) is 0 Å². The van der Waals surface area contributed by atoms with E-state index in [1.54, 1.807) is 0 Å². The van der Waals surface area contributed by atoms with E-state index in [9.17, 15) is 0 Å². The topological polar surface area (TPSA) is 3.24 Å². The molecule has 0 atom stereocenters. The van der Waals surface area contributed by atoms with Crippen LogP contribution in [0.5, 0.6) is 0 Å². The monoisotopic (exact) mass is 507 g/mol. The van der Waals surface area contributed by atoms with Crippen LogP contribution in [0.4, 0.5) is 5.69 Å². The second-order valence-electron chi connectivity index (χ2n) is 7.08. The van der Waals surface area contributed by atoms with Gasteiger partial charge in [0.25, 0.3) is 0 Å². The average Bonchev–Trinajstić information content (AvgIpc) is 3.02. The minimum atomic E-state index is 1.03. The minimum absolute atomic E-state index is 1.03. The van der Waals surface area contributed by atoms with Crippen LogP contribution in [-0.4, -0.2) is 13.1 Å². The van der Waals surface area contributed by atoms with E-state index in [-0.39, 0.29) is 0 Å². The lowest BCUT2D eigenvalue weighted by molar-refractivity contribution is 0.866. The Bertz CT molecular complexity index is 1040. The number of anilines is 1. The van der Waals surface area contributed by atoms with Crippen molar-refractivity contribution < 1.29 is 0 Å². The van der Waals surface area contributed by atoms with Gasteiger partial charge in [-0.3, -0.25) is 0 Å². The van der Waals surface area contributed by atoms with E-state index in [0.717, 1.165) is 22.0 Å². The Morgan fingerprint density at radius 3 is 1.79 bits per heavy atom. The molecule has 29 heavy (non-hydrogen) atoms. The Morgan fingerprint density at radius 1 is 0.724 bits per heavy atom. The Morgan fingerprint density at radius 2 is 1.28 bits per heavy atom. The number of halogens is 2. The molecule has 0 N–H and O–H groups in total. The summed E-state index contributed by atoms with van der Waals surface area (Å²) in [6.07, 6.45) is 6.55. The molecule has 0 unspecified atom stereocenters. The van der Waals surface area contributed by atoms with E-state index in [1.807, 2.05) is 0 Å². The van der Waals surface area contributed by atoms with Crippen LogP contribution in [0.3, 0.4) is 0 Å². The number of nitrogens with zero attached hydrogens (tertiary/aromatic N) is 1. The molecule has 0 radical (unpaired) electrons. The largest absolute Gasteiger partial charge is 0.372 e. The molecule has 1 aliphatic carbocycles. The van der Waals surface area contributed by atoms with Gasteiger partial charge in [0.1, 0.15) is 0 Å². The lowest BCUT2D eigenvalue weighted by Crippen LogP contribution is -2.21. The smallest absolute Gasteiger partial charge is 0.0366 e. The van der Waals surface area contributed by atoms with Gasteiger partial charge in [0, 0.05) is 27.7 Å². The Kier molecular flexibility index (Phi) is 6.07. The summed E-state index contributed by atoms with van der Waals surface area (Å²) in [5.41, 5.74) is 8.87. The minimum Gasteiger partial charge on any atom is -0.372 e. The van der Waals surface area contributed by atoms with E-state index in [2.05, 4.69) is 129 Å². The summed E-state index contributed by atoms with van der Waals surface area (Å²) in [6, 6.07) is 21.8. The average molecular weight is 509 g/mol. The van der Waals surface area contributed by atoms with Gasteiger partial charge in [0.2, 0.25) is 0 Å². The number of allylic oxidation sites excluding steroid dienone is 2. The molecule has 0 bridgehead atoms. The van der Waals surface area contributed by atoms with Crippen molar-refractivity contribution in [1.29, 1.82) is 0 Å². The lowest BCUT2D eigenvalue weighted by atomic mass is 10.0. The first-order chi connectivity index (χ1) is 14.1. The van der Waals surface area contributed by atoms with Crippen LogP contribution in [-0.2, 0) is 0 Å². The summed E-state index contributed by atoms with van der Waals surface area (Å²) in [4.78, 5) is 2.36. The zero-order valence-corrected chi connectivity index (χ0v) is 19.8. The molecular formula is C26H23Br2N. The van der Waals surface area contributed by atoms with Crippen molar-refractivity contribution >= 4 is 49.2 Å². The number of benzene rings is 3. The van der Waals surface area contributed by atoms with Gasteiger partial charge in [-0.1, -0.05) is 74.4 Å². The summed E-state index contributed by atoms with van der Waals surface area (Å²) in [5.74, 6) is 0. The molecule has 0 spiro atoms. The predicted molar refractivity (Wildman–Crippen MR) is 133 cm³/mol. The van der Waals surface area contributed by atoms with Gasteiger partial charge < -0.3 is 4.90 Å². The third-order valence-electron chi connectivity index (χ3n) is 5.41. The predicted octanol–water partition coefficient (Wildman–Crippen LogP) is 8.18. The molecule has 4 rings (SSSR count). The van der Waals surface area contributed by atoms with Crippen molar-refractivity contribution in [2.75, 3.05) is 18.0 Å². The van der Waals surface area contributed by atoms with E-state index in [1.165, 1.54) is 39.1 Å². The van der Waals surface area contributed by atoms with Crippen molar-refractivity contribution in [2.45, 2.75) is 13.8 Å². The molecule has 0 fully saturated rings. The van der Waals surface area contributed by atoms with Crippen LogP contribution in [0.25, 0.3) is 22.8 Å². The standard InChI is InChI=1S/C26H23Br2N/c1-3-29(4-2)21-12-8-18(9-13-21)6-5-7-22-25-16-19(27)10-14-23(25)24-15-11-20(28)17-26(22)24/h5-17H,3-4H2,1-2H3. The van der Waals surface area contributed by atoms with Gasteiger partial charge in [-0.05, 0) is 83.6 Å². The molecule has 0 heterocycles. The quantitative estimate of drug-likeness (QED) is 0.262. The molecule has 3 aromatic carbocycles. The first kappa shape index (κ1) is 20.2. The molecule has 0 amide bonds. The zero-order valence-electron chi connectivity index (χ0n) is 16.6. The van der Waals surface area contributed by atoms with Crippen LogP contribution in [0.1, 0.15) is 30.5 Å². The highest BCUT2D eigenvalue weighted by Crippen LogP contribution is 2.46. The second kappa shape index (κ2) is 8.73. The molecule has 1 nitrogen and oxygen atoms in total. The highest BCUT2D eigenvalue weighted by atomic mass is 79.9. The number of hydrogen-bond donors (Lipinski definition) is 0.